The van der Waals surface area contributed by atoms with Crippen LogP contribution in [0.3, 0.4) is 0 Å². The van der Waals surface area contributed by atoms with Gasteiger partial charge in [0.15, 0.2) is 6.10 Å². The van der Waals surface area contributed by atoms with Gasteiger partial charge in [0.25, 0.3) is 5.91 Å². The second-order valence-corrected chi connectivity index (χ2v) is 4.79. The molecule has 3 rings (SSSR count). The summed E-state index contributed by atoms with van der Waals surface area (Å²) in [4.78, 5) is 24.1. The fourth-order valence-corrected chi connectivity index (χ4v) is 2.42. The van der Waals surface area contributed by atoms with E-state index in [9.17, 15) is 14.0 Å². The molecule has 1 saturated heterocycles. The van der Waals surface area contributed by atoms with Gasteiger partial charge in [-0.15, -0.1) is 0 Å². The molecule has 1 aliphatic rings. The summed E-state index contributed by atoms with van der Waals surface area (Å²) in [5.74, 6) is -1.04. The van der Waals surface area contributed by atoms with Gasteiger partial charge < -0.3 is 15.4 Å². The van der Waals surface area contributed by atoms with Gasteiger partial charge in [-0.1, -0.05) is 0 Å². The highest BCUT2D eigenvalue weighted by molar-refractivity contribution is 5.99. The van der Waals surface area contributed by atoms with Crippen molar-refractivity contribution in [2.24, 2.45) is 5.73 Å². The topological polar surface area (TPSA) is 90.5 Å². The van der Waals surface area contributed by atoms with E-state index >= 15 is 0 Å². The van der Waals surface area contributed by atoms with Gasteiger partial charge >= 0.3 is 6.09 Å². The maximum atomic E-state index is 14.3. The van der Waals surface area contributed by atoms with E-state index < -0.39 is 23.9 Å². The lowest BCUT2D eigenvalue weighted by atomic mass is 10.2. The van der Waals surface area contributed by atoms with Crippen molar-refractivity contribution < 1.29 is 18.7 Å². The Morgan fingerprint density at radius 1 is 1.45 bits per heavy atom. The Morgan fingerprint density at radius 3 is 2.91 bits per heavy atom. The molecular weight excluding hydrogens is 291 g/mol. The first kappa shape index (κ1) is 14.1. The Kier molecular flexibility index (Phi) is 3.50. The van der Waals surface area contributed by atoms with Gasteiger partial charge in [0, 0.05) is 31.4 Å². The van der Waals surface area contributed by atoms with Crippen LogP contribution in [0.5, 0.6) is 0 Å². The van der Waals surface area contributed by atoms with E-state index in [1.54, 1.807) is 24.5 Å². The van der Waals surface area contributed by atoms with Crippen molar-refractivity contribution in [1.82, 2.24) is 9.78 Å². The van der Waals surface area contributed by atoms with E-state index in [0.717, 1.165) is 0 Å². The molecule has 0 aliphatic carbocycles. The Morgan fingerprint density at radius 2 is 2.27 bits per heavy atom. The van der Waals surface area contributed by atoms with E-state index in [-0.39, 0.29) is 18.7 Å². The Labute approximate surface area is 125 Å². The largest absolute Gasteiger partial charge is 0.436 e. The maximum absolute atomic E-state index is 14.3. The zero-order valence-electron chi connectivity index (χ0n) is 11.5. The SMILES string of the molecule is NC(=O)O[C@H]1CCN(c2ccc(-n3cccn3)cc2F)C1=O. The van der Waals surface area contributed by atoms with Gasteiger partial charge in [0.1, 0.15) is 5.82 Å². The maximum Gasteiger partial charge on any atom is 0.405 e. The van der Waals surface area contributed by atoms with Crippen molar-refractivity contribution in [2.75, 3.05) is 11.4 Å². The first-order chi connectivity index (χ1) is 10.6. The molecule has 1 aromatic heterocycles. The van der Waals surface area contributed by atoms with Crippen LogP contribution in [0.4, 0.5) is 14.9 Å². The third kappa shape index (κ3) is 2.50. The van der Waals surface area contributed by atoms with Crippen LogP contribution in [-0.2, 0) is 9.53 Å². The quantitative estimate of drug-likeness (QED) is 0.923. The molecule has 114 valence electrons. The van der Waals surface area contributed by atoms with Gasteiger partial charge in [0.2, 0.25) is 0 Å². The minimum atomic E-state index is -1.02. The molecule has 0 radical (unpaired) electrons. The molecule has 2 aromatic rings. The van der Waals surface area contributed by atoms with Gasteiger partial charge in [-0.2, -0.15) is 5.10 Å². The van der Waals surface area contributed by atoms with Crippen LogP contribution >= 0.6 is 0 Å². The number of hydrogen-bond donors (Lipinski definition) is 1. The van der Waals surface area contributed by atoms with Crippen molar-refractivity contribution in [3.63, 3.8) is 0 Å². The summed E-state index contributed by atoms with van der Waals surface area (Å²) in [6.07, 6.45) is 1.58. The van der Waals surface area contributed by atoms with Gasteiger partial charge in [-0.25, -0.2) is 13.9 Å². The Bertz CT molecular complexity index is 717. The number of amides is 2. The second kappa shape index (κ2) is 5.47. The number of nitrogens with zero attached hydrogens (tertiary/aromatic N) is 3. The molecular formula is C14H13FN4O3. The van der Waals surface area contributed by atoms with Crippen LogP contribution in [-0.4, -0.2) is 34.4 Å². The van der Waals surface area contributed by atoms with Crippen molar-refractivity contribution >= 4 is 17.7 Å². The Balaban J connectivity index is 1.84. The van der Waals surface area contributed by atoms with Crippen LogP contribution in [0.25, 0.3) is 5.69 Å². The number of carbonyl (C=O) groups excluding carboxylic acids is 2. The molecule has 22 heavy (non-hydrogen) atoms. The number of nitrogens with two attached hydrogens (primary N) is 1. The average molecular weight is 304 g/mol. The van der Waals surface area contributed by atoms with E-state index in [4.69, 9.17) is 10.5 Å². The molecule has 0 bridgehead atoms. The highest BCUT2D eigenvalue weighted by atomic mass is 19.1. The summed E-state index contributed by atoms with van der Waals surface area (Å²) < 4.78 is 20.5. The summed E-state index contributed by atoms with van der Waals surface area (Å²) in [5, 5.41) is 4.01. The molecule has 1 aliphatic heterocycles. The standard InChI is InChI=1S/C14H13FN4O3/c15-10-8-9(19-6-1-5-17-19)2-3-11(10)18-7-4-12(13(18)20)22-14(16)21/h1-3,5-6,8,12H,4,7H2,(H2,16,21)/t12-/m0/s1. The van der Waals surface area contributed by atoms with Crippen molar-refractivity contribution in [1.29, 1.82) is 0 Å². The lowest BCUT2D eigenvalue weighted by Gasteiger charge is -2.17. The van der Waals surface area contributed by atoms with Gasteiger partial charge in [-0.05, 0) is 18.2 Å². The van der Waals surface area contributed by atoms with Crippen LogP contribution < -0.4 is 10.6 Å². The Hall–Kier alpha value is -2.90. The van der Waals surface area contributed by atoms with Crippen LogP contribution in [0, 0.1) is 5.82 Å². The number of rotatable bonds is 3. The van der Waals surface area contributed by atoms with E-state index in [0.29, 0.717) is 5.69 Å². The summed E-state index contributed by atoms with van der Waals surface area (Å²) in [7, 11) is 0. The summed E-state index contributed by atoms with van der Waals surface area (Å²) in [6, 6.07) is 6.16. The van der Waals surface area contributed by atoms with Crippen LogP contribution in [0.1, 0.15) is 6.42 Å². The van der Waals surface area contributed by atoms with Crippen molar-refractivity contribution in [3.8, 4) is 5.69 Å². The van der Waals surface area contributed by atoms with Crippen LogP contribution in [0.2, 0.25) is 0 Å². The number of benzene rings is 1. The number of aromatic nitrogens is 2. The third-order valence-corrected chi connectivity index (χ3v) is 3.41. The molecule has 0 spiro atoms. The normalized spacial score (nSPS) is 17.8. The average Bonchev–Trinajstić information content (AvgIpc) is 3.10. The third-order valence-electron chi connectivity index (χ3n) is 3.41. The van der Waals surface area contributed by atoms with Gasteiger partial charge in [0.05, 0.1) is 11.4 Å². The monoisotopic (exact) mass is 304 g/mol. The predicted molar refractivity (Wildman–Crippen MR) is 74.9 cm³/mol. The minimum absolute atomic E-state index is 0.136. The number of anilines is 1. The van der Waals surface area contributed by atoms with E-state index in [2.05, 4.69) is 5.10 Å². The highest BCUT2D eigenvalue weighted by Gasteiger charge is 2.36. The number of carbonyl (C=O) groups is 2. The second-order valence-electron chi connectivity index (χ2n) is 4.79. The van der Waals surface area contributed by atoms with Gasteiger partial charge in [-0.3, -0.25) is 4.79 Å². The molecule has 1 aromatic carbocycles. The van der Waals surface area contributed by atoms with Crippen molar-refractivity contribution in [3.05, 3.63) is 42.5 Å². The lowest BCUT2D eigenvalue weighted by molar-refractivity contribution is -0.124. The molecule has 1 fully saturated rings. The minimum Gasteiger partial charge on any atom is -0.436 e. The molecule has 8 heteroatoms. The number of primary amides is 1. The number of halogens is 1. The molecule has 2 amide bonds. The highest BCUT2D eigenvalue weighted by Crippen LogP contribution is 2.27. The molecule has 7 nitrogen and oxygen atoms in total. The fourth-order valence-electron chi connectivity index (χ4n) is 2.42. The molecule has 1 atom stereocenters. The zero-order valence-corrected chi connectivity index (χ0v) is 11.5. The van der Waals surface area contributed by atoms with Crippen molar-refractivity contribution in [2.45, 2.75) is 12.5 Å². The predicted octanol–water partition coefficient (Wildman–Crippen LogP) is 1.21. The fraction of sp³-hybridized carbons (Fsp3) is 0.214. The first-order valence-electron chi connectivity index (χ1n) is 6.63. The molecule has 0 saturated carbocycles. The van der Waals surface area contributed by atoms with Crippen LogP contribution in [0.15, 0.2) is 36.7 Å². The first-order valence-corrected chi connectivity index (χ1v) is 6.63. The summed E-state index contributed by atoms with van der Waals surface area (Å²) >= 11 is 0. The smallest absolute Gasteiger partial charge is 0.405 e. The summed E-state index contributed by atoms with van der Waals surface area (Å²) in [6.45, 7) is 0.259. The number of hydrogen-bond acceptors (Lipinski definition) is 4. The number of ether oxygens (including phenoxy) is 1. The van der Waals surface area contributed by atoms with E-state index in [1.807, 2.05) is 0 Å². The molecule has 2 N–H and O–H groups in total. The van der Waals surface area contributed by atoms with E-state index in [1.165, 1.54) is 21.7 Å². The molecule has 0 unspecified atom stereocenters. The lowest BCUT2D eigenvalue weighted by Crippen LogP contribution is -2.33. The summed E-state index contributed by atoms with van der Waals surface area (Å²) in [5.41, 5.74) is 5.59. The zero-order chi connectivity index (χ0) is 15.7. The molecule has 2 heterocycles.